The third-order valence-corrected chi connectivity index (χ3v) is 6.34. The molecule has 0 aliphatic heterocycles. The van der Waals surface area contributed by atoms with Gasteiger partial charge in [0.25, 0.3) is 0 Å². The van der Waals surface area contributed by atoms with E-state index in [0.29, 0.717) is 6.61 Å². The number of primary amides is 2. The maximum absolute atomic E-state index is 12.7. The van der Waals surface area contributed by atoms with Crippen molar-refractivity contribution in [3.63, 3.8) is 0 Å². The number of carbonyl (C=O) groups excluding carboxylic acids is 2. The van der Waals surface area contributed by atoms with Crippen LogP contribution in [0.15, 0.2) is 39.9 Å². The lowest BCUT2D eigenvalue weighted by Crippen LogP contribution is -2.34. The lowest BCUT2D eigenvalue weighted by molar-refractivity contribution is -0.106. The molecule has 2 rings (SSSR count). The molecule has 0 atom stereocenters. The van der Waals surface area contributed by atoms with E-state index in [1.54, 1.807) is 23.5 Å². The Hall–Kier alpha value is -2.59. The number of thiophene rings is 1. The van der Waals surface area contributed by atoms with Crippen molar-refractivity contribution < 1.29 is 22.7 Å². The molecule has 29 heavy (non-hydrogen) atoms. The van der Waals surface area contributed by atoms with Gasteiger partial charge in [0, 0.05) is 5.41 Å². The van der Waals surface area contributed by atoms with Crippen molar-refractivity contribution in [2.45, 2.75) is 37.5 Å². The zero-order valence-corrected chi connectivity index (χ0v) is 18.3. The number of amides is 3. The first-order chi connectivity index (χ1) is 13.6. The SMILES string of the molecule is CCCOc1ccc(C(C)(C)c2ccsc2)cc1S(=O)(=O)CNC(N)=O.NC=O. The predicted molar refractivity (Wildman–Crippen MR) is 114 cm³/mol. The fourth-order valence-corrected chi connectivity index (χ4v) is 4.55. The highest BCUT2D eigenvalue weighted by Gasteiger charge is 2.28. The van der Waals surface area contributed by atoms with Crippen molar-refractivity contribution in [3.8, 4) is 5.75 Å². The van der Waals surface area contributed by atoms with Gasteiger partial charge in [0.1, 0.15) is 16.5 Å². The number of hydrogen-bond acceptors (Lipinski definition) is 6. The van der Waals surface area contributed by atoms with Gasteiger partial charge in [-0.25, -0.2) is 13.2 Å². The highest BCUT2D eigenvalue weighted by Crippen LogP contribution is 2.36. The predicted octanol–water partition coefficient (Wildman–Crippen LogP) is 2.36. The molecule has 5 N–H and O–H groups in total. The first kappa shape index (κ1) is 24.4. The van der Waals surface area contributed by atoms with E-state index in [9.17, 15) is 13.2 Å². The van der Waals surface area contributed by atoms with Gasteiger partial charge in [-0.2, -0.15) is 11.3 Å². The summed E-state index contributed by atoms with van der Waals surface area (Å²) < 4.78 is 31.1. The van der Waals surface area contributed by atoms with Crippen LogP contribution in [0.3, 0.4) is 0 Å². The minimum Gasteiger partial charge on any atom is -0.492 e. The molecule has 0 saturated carbocycles. The summed E-state index contributed by atoms with van der Waals surface area (Å²) >= 11 is 1.59. The molecule has 1 aromatic heterocycles. The second-order valence-corrected chi connectivity index (χ2v) is 9.32. The summed E-state index contributed by atoms with van der Waals surface area (Å²) in [6.45, 7) is 6.42. The van der Waals surface area contributed by atoms with Gasteiger partial charge in [-0.15, -0.1) is 0 Å². The minimum atomic E-state index is -3.80. The monoisotopic (exact) mass is 441 g/mol. The number of nitrogens with one attached hydrogen (secondary N) is 1. The van der Waals surface area contributed by atoms with E-state index in [1.807, 2.05) is 43.7 Å². The van der Waals surface area contributed by atoms with E-state index in [-0.39, 0.29) is 22.5 Å². The average Bonchev–Trinajstić information content (AvgIpc) is 3.21. The first-order valence-electron chi connectivity index (χ1n) is 8.81. The van der Waals surface area contributed by atoms with Gasteiger partial charge in [0.05, 0.1) is 6.61 Å². The summed E-state index contributed by atoms with van der Waals surface area (Å²) in [6, 6.07) is 6.31. The van der Waals surface area contributed by atoms with E-state index in [1.165, 1.54) is 0 Å². The number of benzene rings is 1. The Morgan fingerprint density at radius 1 is 1.28 bits per heavy atom. The summed E-state index contributed by atoms with van der Waals surface area (Å²) in [4.78, 5) is 19.6. The fraction of sp³-hybridized carbons (Fsp3) is 0.368. The van der Waals surface area contributed by atoms with Crippen molar-refractivity contribution in [3.05, 3.63) is 46.2 Å². The van der Waals surface area contributed by atoms with Gasteiger partial charge in [-0.05, 0) is 46.5 Å². The zero-order chi connectivity index (χ0) is 22.1. The van der Waals surface area contributed by atoms with Crippen LogP contribution in [-0.2, 0) is 20.0 Å². The lowest BCUT2D eigenvalue weighted by atomic mass is 9.79. The second-order valence-electron chi connectivity index (χ2n) is 6.58. The van der Waals surface area contributed by atoms with Crippen LogP contribution in [0.5, 0.6) is 5.75 Å². The quantitative estimate of drug-likeness (QED) is 0.539. The summed E-state index contributed by atoms with van der Waals surface area (Å²) in [7, 11) is -3.80. The molecule has 1 heterocycles. The molecule has 0 aliphatic rings. The van der Waals surface area contributed by atoms with Crippen LogP contribution in [0.1, 0.15) is 38.3 Å². The van der Waals surface area contributed by atoms with Crippen LogP contribution in [0.25, 0.3) is 0 Å². The molecular formula is C19H27N3O5S2. The third-order valence-electron chi connectivity index (χ3n) is 4.14. The molecule has 0 unspecified atom stereocenters. The maximum atomic E-state index is 12.7. The smallest absolute Gasteiger partial charge is 0.313 e. The standard InChI is InChI=1S/C18H24N2O4S2.CH3NO/c1-4-8-24-15-6-5-13(18(2,3)14-7-9-25-11-14)10-16(15)26(22,23)12-20-17(19)21;2-1-3/h5-7,9-11H,4,8,12H2,1-3H3,(H3,19,20,21);1H,(H2,2,3). The minimum absolute atomic E-state index is 0.0560. The van der Waals surface area contributed by atoms with Gasteiger partial charge in [0.2, 0.25) is 6.41 Å². The molecule has 0 aliphatic carbocycles. The number of carbonyl (C=O) groups is 2. The molecule has 0 spiro atoms. The molecule has 160 valence electrons. The highest BCUT2D eigenvalue weighted by atomic mass is 32.2. The second kappa shape index (κ2) is 10.8. The summed E-state index contributed by atoms with van der Waals surface area (Å²) in [5.74, 6) is -0.296. The molecule has 3 amide bonds. The van der Waals surface area contributed by atoms with E-state index in [4.69, 9.17) is 15.3 Å². The summed E-state index contributed by atoms with van der Waals surface area (Å²) in [5.41, 5.74) is 10.8. The van der Waals surface area contributed by atoms with E-state index in [0.717, 1.165) is 17.5 Å². The third kappa shape index (κ3) is 6.75. The molecule has 0 radical (unpaired) electrons. The number of urea groups is 1. The Balaban J connectivity index is 0.00000132. The number of ether oxygens (including phenoxy) is 1. The Bertz CT molecular complexity index is 910. The normalized spacial score (nSPS) is 11.1. The lowest BCUT2D eigenvalue weighted by Gasteiger charge is -2.26. The van der Waals surface area contributed by atoms with Crippen molar-refractivity contribution in [1.29, 1.82) is 0 Å². The van der Waals surface area contributed by atoms with Gasteiger partial charge in [-0.1, -0.05) is 26.8 Å². The Morgan fingerprint density at radius 3 is 2.45 bits per heavy atom. The topological polar surface area (TPSA) is 142 Å². The van der Waals surface area contributed by atoms with E-state index in [2.05, 4.69) is 11.1 Å². The van der Waals surface area contributed by atoms with Crippen LogP contribution >= 0.6 is 11.3 Å². The van der Waals surface area contributed by atoms with Crippen LogP contribution in [0, 0.1) is 0 Å². The van der Waals surface area contributed by atoms with Gasteiger partial charge in [0.15, 0.2) is 9.84 Å². The van der Waals surface area contributed by atoms with Crippen molar-refractivity contribution in [2.75, 3.05) is 12.5 Å². The van der Waals surface area contributed by atoms with Crippen LogP contribution in [0.4, 0.5) is 4.79 Å². The fourth-order valence-electron chi connectivity index (χ4n) is 2.50. The number of hydrogen-bond donors (Lipinski definition) is 3. The van der Waals surface area contributed by atoms with E-state index >= 15 is 0 Å². The van der Waals surface area contributed by atoms with E-state index < -0.39 is 21.7 Å². The first-order valence-corrected chi connectivity index (χ1v) is 11.4. The molecule has 8 nitrogen and oxygen atoms in total. The van der Waals surface area contributed by atoms with Crippen LogP contribution < -0.4 is 21.5 Å². The molecule has 0 fully saturated rings. The van der Waals surface area contributed by atoms with Crippen molar-refractivity contribution >= 4 is 33.6 Å². The molecule has 2 aromatic rings. The van der Waals surface area contributed by atoms with Gasteiger partial charge < -0.3 is 21.5 Å². The Kier molecular flexibility index (Phi) is 9.12. The van der Waals surface area contributed by atoms with Gasteiger partial charge >= 0.3 is 6.03 Å². The number of rotatable bonds is 8. The highest BCUT2D eigenvalue weighted by molar-refractivity contribution is 7.91. The number of sulfone groups is 1. The molecule has 0 saturated heterocycles. The zero-order valence-electron chi connectivity index (χ0n) is 16.7. The Labute approximate surface area is 175 Å². The molecule has 0 bridgehead atoms. The van der Waals surface area contributed by atoms with Gasteiger partial charge in [-0.3, -0.25) is 4.79 Å². The average molecular weight is 442 g/mol. The largest absolute Gasteiger partial charge is 0.492 e. The summed E-state index contributed by atoms with van der Waals surface area (Å²) in [6.07, 6.45) is 1.00. The Morgan fingerprint density at radius 2 is 1.93 bits per heavy atom. The van der Waals surface area contributed by atoms with Crippen molar-refractivity contribution in [1.82, 2.24) is 5.32 Å². The van der Waals surface area contributed by atoms with Crippen LogP contribution in [0.2, 0.25) is 0 Å². The maximum Gasteiger partial charge on any atom is 0.313 e. The van der Waals surface area contributed by atoms with Crippen LogP contribution in [-0.4, -0.2) is 33.3 Å². The van der Waals surface area contributed by atoms with Crippen molar-refractivity contribution in [2.24, 2.45) is 11.5 Å². The molecule has 1 aromatic carbocycles. The number of nitrogens with two attached hydrogens (primary N) is 2. The molecular weight excluding hydrogens is 414 g/mol. The molecule has 10 heteroatoms. The summed E-state index contributed by atoms with van der Waals surface area (Å²) in [5, 5.41) is 6.19.